The van der Waals surface area contributed by atoms with Gasteiger partial charge in [-0.1, -0.05) is 12.1 Å². The highest BCUT2D eigenvalue weighted by atomic mass is 16.5. The third-order valence-electron chi connectivity index (χ3n) is 4.42. The summed E-state index contributed by atoms with van der Waals surface area (Å²) in [6.45, 7) is 5.22. The Labute approximate surface area is 142 Å². The van der Waals surface area contributed by atoms with E-state index in [9.17, 15) is 5.11 Å². The molecule has 130 valence electrons. The van der Waals surface area contributed by atoms with Crippen molar-refractivity contribution in [1.82, 2.24) is 14.7 Å². The van der Waals surface area contributed by atoms with Gasteiger partial charge in [0, 0.05) is 31.7 Å². The van der Waals surface area contributed by atoms with E-state index in [1.165, 1.54) is 0 Å². The molecule has 6 nitrogen and oxygen atoms in total. The zero-order valence-corrected chi connectivity index (χ0v) is 14.5. The number of hydrogen-bond acceptors (Lipinski definition) is 5. The molecule has 0 aliphatic carbocycles. The molecule has 6 heteroatoms. The van der Waals surface area contributed by atoms with Crippen LogP contribution in [0.1, 0.15) is 36.4 Å². The highest BCUT2D eigenvalue weighted by Gasteiger charge is 2.20. The van der Waals surface area contributed by atoms with E-state index in [-0.39, 0.29) is 0 Å². The molecular formula is C18H25N3O3. The summed E-state index contributed by atoms with van der Waals surface area (Å²) < 4.78 is 13.0. The predicted octanol–water partition coefficient (Wildman–Crippen LogP) is 2.36. The molecule has 1 atom stereocenters. The van der Waals surface area contributed by atoms with Crippen molar-refractivity contribution in [1.29, 1.82) is 0 Å². The van der Waals surface area contributed by atoms with Crippen LogP contribution in [-0.4, -0.2) is 40.6 Å². The minimum absolute atomic E-state index is 0.531. The van der Waals surface area contributed by atoms with Gasteiger partial charge in [-0.2, -0.15) is 5.10 Å². The Morgan fingerprint density at radius 2 is 2.08 bits per heavy atom. The van der Waals surface area contributed by atoms with E-state index in [2.05, 4.69) is 16.1 Å². The molecule has 0 bridgehead atoms. The molecule has 1 N–H and O–H groups in total. The van der Waals surface area contributed by atoms with Crippen LogP contribution in [0.3, 0.4) is 0 Å². The van der Waals surface area contributed by atoms with Crippen LogP contribution in [0.25, 0.3) is 0 Å². The van der Waals surface area contributed by atoms with Gasteiger partial charge >= 0.3 is 0 Å². The fraction of sp³-hybridized carbons (Fsp3) is 0.500. The highest BCUT2D eigenvalue weighted by molar-refractivity contribution is 5.46. The van der Waals surface area contributed by atoms with Gasteiger partial charge in [0.05, 0.1) is 31.7 Å². The second-order valence-electron chi connectivity index (χ2n) is 6.18. The van der Waals surface area contributed by atoms with E-state index in [1.54, 1.807) is 21.1 Å². The van der Waals surface area contributed by atoms with Crippen LogP contribution in [0.4, 0.5) is 0 Å². The normalized spacial score (nSPS) is 16.3. The molecule has 0 unspecified atom stereocenters. The Hall–Kier alpha value is -2.05. The Morgan fingerprint density at radius 3 is 2.79 bits per heavy atom. The first-order valence-electron chi connectivity index (χ1n) is 8.29. The topological polar surface area (TPSA) is 59.8 Å². The highest BCUT2D eigenvalue weighted by Crippen LogP contribution is 2.32. The van der Waals surface area contributed by atoms with Crippen LogP contribution in [0.15, 0.2) is 24.3 Å². The largest absolute Gasteiger partial charge is 0.493 e. The number of nitrogens with zero attached hydrogens (tertiary/aromatic N) is 3. The zero-order valence-electron chi connectivity index (χ0n) is 14.5. The maximum Gasteiger partial charge on any atom is 0.165 e. The monoisotopic (exact) mass is 331 g/mol. The summed E-state index contributed by atoms with van der Waals surface area (Å²) in [5.41, 5.74) is 3.00. The van der Waals surface area contributed by atoms with Gasteiger partial charge in [0.15, 0.2) is 11.5 Å². The molecule has 0 amide bonds. The fourth-order valence-electron chi connectivity index (χ4n) is 3.21. The van der Waals surface area contributed by atoms with Gasteiger partial charge in [0.2, 0.25) is 0 Å². The van der Waals surface area contributed by atoms with E-state index < -0.39 is 6.10 Å². The van der Waals surface area contributed by atoms with E-state index in [1.807, 2.05) is 22.9 Å². The third-order valence-corrected chi connectivity index (χ3v) is 4.42. The number of benzene rings is 1. The Bertz CT molecular complexity index is 697. The first kappa shape index (κ1) is 16.8. The minimum atomic E-state index is -0.531. The molecule has 2 heterocycles. The fourth-order valence-corrected chi connectivity index (χ4v) is 3.21. The van der Waals surface area contributed by atoms with E-state index in [4.69, 9.17) is 9.47 Å². The van der Waals surface area contributed by atoms with Crippen LogP contribution in [0.5, 0.6) is 11.5 Å². The first-order chi connectivity index (χ1) is 11.6. The second kappa shape index (κ2) is 7.23. The Morgan fingerprint density at radius 1 is 1.25 bits per heavy atom. The summed E-state index contributed by atoms with van der Waals surface area (Å²) in [5.74, 6) is 1.55. The van der Waals surface area contributed by atoms with E-state index in [0.29, 0.717) is 0 Å². The summed E-state index contributed by atoms with van der Waals surface area (Å²) in [4.78, 5) is 2.38. The molecule has 0 spiro atoms. The minimum Gasteiger partial charge on any atom is -0.493 e. The maximum atomic E-state index is 9.75. The molecule has 1 aliphatic heterocycles. The van der Waals surface area contributed by atoms with Crippen molar-refractivity contribution in [3.8, 4) is 11.5 Å². The lowest BCUT2D eigenvalue weighted by Gasteiger charge is -2.21. The molecule has 24 heavy (non-hydrogen) atoms. The van der Waals surface area contributed by atoms with Gasteiger partial charge in [0.1, 0.15) is 0 Å². The molecule has 1 aliphatic rings. The van der Waals surface area contributed by atoms with Crippen LogP contribution in [0, 0.1) is 0 Å². The van der Waals surface area contributed by atoms with Crippen molar-refractivity contribution >= 4 is 0 Å². The number of rotatable bonds is 5. The van der Waals surface area contributed by atoms with Crippen molar-refractivity contribution < 1.29 is 14.6 Å². The smallest absolute Gasteiger partial charge is 0.165 e. The first-order valence-corrected chi connectivity index (χ1v) is 8.29. The molecular weight excluding hydrogens is 306 g/mol. The van der Waals surface area contributed by atoms with Crippen LogP contribution in [0.2, 0.25) is 0 Å². The Kier molecular flexibility index (Phi) is 5.06. The molecule has 0 fully saturated rings. The predicted molar refractivity (Wildman–Crippen MR) is 91.1 cm³/mol. The summed E-state index contributed by atoms with van der Waals surface area (Å²) in [5, 5.41) is 14.3. The molecule has 3 rings (SSSR count). The van der Waals surface area contributed by atoms with Gasteiger partial charge in [-0.15, -0.1) is 0 Å². The number of para-hydroxylation sites is 1. The van der Waals surface area contributed by atoms with Gasteiger partial charge in [-0.05, 0) is 25.5 Å². The van der Waals surface area contributed by atoms with Gasteiger partial charge in [-0.25, -0.2) is 0 Å². The summed E-state index contributed by atoms with van der Waals surface area (Å²) in [6, 6.07) is 7.98. The zero-order chi connectivity index (χ0) is 17.1. The van der Waals surface area contributed by atoms with Crippen molar-refractivity contribution in [3.63, 3.8) is 0 Å². The molecule has 0 saturated heterocycles. The number of aromatic nitrogens is 2. The lowest BCUT2D eigenvalue weighted by molar-refractivity contribution is 0.193. The van der Waals surface area contributed by atoms with Gasteiger partial charge < -0.3 is 14.6 Å². The van der Waals surface area contributed by atoms with Crippen molar-refractivity contribution in [2.45, 2.75) is 39.1 Å². The molecule has 2 aromatic rings. The maximum absolute atomic E-state index is 9.75. The average molecular weight is 331 g/mol. The van der Waals surface area contributed by atoms with Crippen LogP contribution >= 0.6 is 0 Å². The number of hydrogen-bond donors (Lipinski definition) is 1. The molecule has 1 aromatic heterocycles. The summed E-state index contributed by atoms with van der Waals surface area (Å²) in [7, 11) is 3.33. The SMILES string of the molecule is COc1cccc(CN2CCCn3nc([C@@H](C)O)cc3C2)c1OC. The summed E-state index contributed by atoms with van der Waals surface area (Å²) in [6.07, 6.45) is 0.497. The van der Waals surface area contributed by atoms with E-state index in [0.717, 1.165) is 61.1 Å². The second-order valence-corrected chi connectivity index (χ2v) is 6.18. The number of aryl methyl sites for hydroxylation is 1. The number of aliphatic hydroxyl groups excluding tert-OH is 1. The van der Waals surface area contributed by atoms with Crippen LogP contribution < -0.4 is 9.47 Å². The van der Waals surface area contributed by atoms with Gasteiger partial charge in [-0.3, -0.25) is 9.58 Å². The standard InChI is InChI=1S/C18H25N3O3/c1-13(22)16-10-15-12-20(8-5-9-21(15)19-16)11-14-6-4-7-17(23-2)18(14)24-3/h4,6-7,10,13,22H,5,8-9,11-12H2,1-3H3/t13-/m1/s1. The lowest BCUT2D eigenvalue weighted by atomic mass is 10.1. The number of ether oxygens (including phenoxy) is 2. The summed E-state index contributed by atoms with van der Waals surface area (Å²) >= 11 is 0. The average Bonchev–Trinajstić information content (AvgIpc) is 2.88. The number of methoxy groups -OCH3 is 2. The molecule has 0 radical (unpaired) electrons. The molecule has 1 aromatic carbocycles. The van der Waals surface area contributed by atoms with Crippen molar-refractivity contribution in [2.75, 3.05) is 20.8 Å². The number of aliphatic hydroxyl groups is 1. The molecule has 0 saturated carbocycles. The Balaban J connectivity index is 1.81. The van der Waals surface area contributed by atoms with Crippen molar-refractivity contribution in [2.24, 2.45) is 0 Å². The van der Waals surface area contributed by atoms with Gasteiger partial charge in [0.25, 0.3) is 0 Å². The van der Waals surface area contributed by atoms with Crippen LogP contribution in [-0.2, 0) is 19.6 Å². The third kappa shape index (κ3) is 3.39. The lowest BCUT2D eigenvalue weighted by Crippen LogP contribution is -2.23. The van der Waals surface area contributed by atoms with E-state index >= 15 is 0 Å². The van der Waals surface area contributed by atoms with Crippen molar-refractivity contribution in [3.05, 3.63) is 41.2 Å². The number of fused-ring (bicyclic) bond motifs is 1. The quantitative estimate of drug-likeness (QED) is 0.911.